The number of benzene rings is 1. The molecule has 0 unspecified atom stereocenters. The Morgan fingerprint density at radius 3 is 2.76 bits per heavy atom. The maximum atomic E-state index is 12.0. The van der Waals surface area contributed by atoms with E-state index in [0.717, 1.165) is 31.8 Å². The highest BCUT2D eigenvalue weighted by Gasteiger charge is 2.22. The Balaban J connectivity index is 1.32. The highest BCUT2D eigenvalue weighted by molar-refractivity contribution is 5.73. The minimum absolute atomic E-state index is 0.104. The summed E-state index contributed by atoms with van der Waals surface area (Å²) < 4.78 is 11.5. The minimum Gasteiger partial charge on any atom is -0.493 e. The molecule has 2 amide bonds. The van der Waals surface area contributed by atoms with Crippen LogP contribution in [0.1, 0.15) is 19.4 Å². The minimum atomic E-state index is -0.104. The largest absolute Gasteiger partial charge is 0.493 e. The number of carbonyl (C=O) groups excluding carboxylic acids is 1. The second-order valence-electron chi connectivity index (χ2n) is 7.14. The zero-order valence-corrected chi connectivity index (χ0v) is 15.2. The summed E-state index contributed by atoms with van der Waals surface area (Å²) in [5.74, 6) is 1.29. The molecule has 6 heteroatoms. The van der Waals surface area contributed by atoms with Crippen LogP contribution >= 0.6 is 0 Å². The van der Waals surface area contributed by atoms with Crippen molar-refractivity contribution in [2.45, 2.75) is 32.5 Å². The third-order valence-corrected chi connectivity index (χ3v) is 4.72. The van der Waals surface area contributed by atoms with Gasteiger partial charge in [0.2, 0.25) is 0 Å². The van der Waals surface area contributed by atoms with Crippen molar-refractivity contribution in [2.24, 2.45) is 5.92 Å². The van der Waals surface area contributed by atoms with E-state index in [-0.39, 0.29) is 18.2 Å². The molecule has 6 nitrogen and oxygen atoms in total. The molecule has 2 N–H and O–H groups in total. The Bertz CT molecular complexity index is 571. The second-order valence-corrected chi connectivity index (χ2v) is 7.14. The Hall–Kier alpha value is -1.79. The molecule has 1 saturated heterocycles. The molecule has 0 aliphatic carbocycles. The lowest BCUT2D eigenvalue weighted by molar-refractivity contribution is -0.0672. The van der Waals surface area contributed by atoms with Crippen LogP contribution in [-0.4, -0.2) is 62.5 Å². The summed E-state index contributed by atoms with van der Waals surface area (Å²) in [4.78, 5) is 14.3. The maximum absolute atomic E-state index is 12.0. The molecular weight excluding hydrogens is 318 g/mol. The van der Waals surface area contributed by atoms with Crippen LogP contribution in [0.4, 0.5) is 4.79 Å². The zero-order valence-electron chi connectivity index (χ0n) is 15.2. The highest BCUT2D eigenvalue weighted by atomic mass is 16.5. The SMILES string of the molecule is C[C@@H]1CN(CCNC(=O)NC[C@H]2COc3ccccc3C2)C[C@H](C)O1. The molecule has 2 aliphatic rings. The zero-order chi connectivity index (χ0) is 17.6. The molecule has 0 radical (unpaired) electrons. The fourth-order valence-corrected chi connectivity index (χ4v) is 3.62. The number of nitrogens with zero attached hydrogens (tertiary/aromatic N) is 1. The summed E-state index contributed by atoms with van der Waals surface area (Å²) in [6.45, 7) is 8.81. The lowest BCUT2D eigenvalue weighted by atomic mass is 9.97. The smallest absolute Gasteiger partial charge is 0.314 e. The molecule has 1 aromatic rings. The van der Waals surface area contributed by atoms with Crippen LogP contribution in [0.5, 0.6) is 5.75 Å². The van der Waals surface area contributed by atoms with Crippen LogP contribution in [0.15, 0.2) is 24.3 Å². The molecule has 2 heterocycles. The monoisotopic (exact) mass is 347 g/mol. The van der Waals surface area contributed by atoms with Gasteiger partial charge in [-0.25, -0.2) is 4.79 Å². The number of morpholine rings is 1. The number of hydrogen-bond donors (Lipinski definition) is 2. The van der Waals surface area contributed by atoms with Gasteiger partial charge in [-0.3, -0.25) is 4.90 Å². The van der Waals surface area contributed by atoms with Gasteiger partial charge in [-0.2, -0.15) is 0 Å². The fraction of sp³-hybridized carbons (Fsp3) is 0.632. The van der Waals surface area contributed by atoms with Gasteiger partial charge in [0.15, 0.2) is 0 Å². The first-order chi connectivity index (χ1) is 12.1. The van der Waals surface area contributed by atoms with E-state index < -0.39 is 0 Å². The van der Waals surface area contributed by atoms with Gasteiger partial charge in [-0.1, -0.05) is 18.2 Å². The number of hydrogen-bond acceptors (Lipinski definition) is 4. The number of amides is 2. The number of carbonyl (C=O) groups is 1. The number of nitrogens with one attached hydrogen (secondary N) is 2. The van der Waals surface area contributed by atoms with Gasteiger partial charge in [0.25, 0.3) is 0 Å². The van der Waals surface area contributed by atoms with Crippen molar-refractivity contribution >= 4 is 6.03 Å². The summed E-state index contributed by atoms with van der Waals surface area (Å²) in [7, 11) is 0. The Kier molecular flexibility index (Phi) is 6.15. The maximum Gasteiger partial charge on any atom is 0.314 e. The van der Waals surface area contributed by atoms with Gasteiger partial charge >= 0.3 is 6.03 Å². The molecule has 1 fully saturated rings. The summed E-state index contributed by atoms with van der Waals surface area (Å²) in [5.41, 5.74) is 1.22. The van der Waals surface area contributed by atoms with Gasteiger partial charge in [0.1, 0.15) is 5.75 Å². The van der Waals surface area contributed by atoms with Crippen molar-refractivity contribution in [1.82, 2.24) is 15.5 Å². The van der Waals surface area contributed by atoms with E-state index >= 15 is 0 Å². The predicted octanol–water partition coefficient (Wildman–Crippen LogP) is 1.65. The van der Waals surface area contributed by atoms with Gasteiger partial charge in [-0.05, 0) is 31.9 Å². The highest BCUT2D eigenvalue weighted by Crippen LogP contribution is 2.26. The van der Waals surface area contributed by atoms with Crippen molar-refractivity contribution in [3.63, 3.8) is 0 Å². The number of urea groups is 1. The molecule has 0 saturated carbocycles. The van der Waals surface area contributed by atoms with E-state index in [1.807, 2.05) is 18.2 Å². The van der Waals surface area contributed by atoms with E-state index in [1.165, 1.54) is 5.56 Å². The van der Waals surface area contributed by atoms with Crippen LogP contribution in [0.3, 0.4) is 0 Å². The first-order valence-corrected chi connectivity index (χ1v) is 9.20. The van der Waals surface area contributed by atoms with E-state index in [2.05, 4.69) is 35.4 Å². The molecule has 0 bridgehead atoms. The van der Waals surface area contributed by atoms with Gasteiger partial charge in [-0.15, -0.1) is 0 Å². The predicted molar refractivity (Wildman–Crippen MR) is 97.0 cm³/mol. The normalized spacial score (nSPS) is 26.4. The molecule has 1 aromatic carbocycles. The van der Waals surface area contributed by atoms with E-state index in [0.29, 0.717) is 25.6 Å². The lowest BCUT2D eigenvalue weighted by Gasteiger charge is -2.35. The van der Waals surface area contributed by atoms with Gasteiger partial charge in [0.05, 0.1) is 18.8 Å². The lowest BCUT2D eigenvalue weighted by Crippen LogP contribution is -2.49. The van der Waals surface area contributed by atoms with Gasteiger partial charge < -0.3 is 20.1 Å². The van der Waals surface area contributed by atoms with Gasteiger partial charge in [0, 0.05) is 38.6 Å². The van der Waals surface area contributed by atoms with Crippen molar-refractivity contribution < 1.29 is 14.3 Å². The topological polar surface area (TPSA) is 62.8 Å². The second kappa shape index (κ2) is 8.54. The average molecular weight is 347 g/mol. The van der Waals surface area contributed by atoms with E-state index in [1.54, 1.807) is 0 Å². The summed E-state index contributed by atoms with van der Waals surface area (Å²) in [6.07, 6.45) is 1.46. The molecule has 25 heavy (non-hydrogen) atoms. The van der Waals surface area contributed by atoms with Crippen LogP contribution in [0, 0.1) is 5.92 Å². The average Bonchev–Trinajstić information content (AvgIpc) is 2.59. The summed E-state index contributed by atoms with van der Waals surface area (Å²) >= 11 is 0. The Morgan fingerprint density at radius 2 is 1.96 bits per heavy atom. The molecule has 3 atom stereocenters. The van der Waals surface area contributed by atoms with Crippen molar-refractivity contribution in [2.75, 3.05) is 39.3 Å². The van der Waals surface area contributed by atoms with E-state index in [4.69, 9.17) is 9.47 Å². The van der Waals surface area contributed by atoms with Crippen molar-refractivity contribution in [1.29, 1.82) is 0 Å². The molecule has 2 aliphatic heterocycles. The van der Waals surface area contributed by atoms with Crippen LogP contribution in [0.25, 0.3) is 0 Å². The van der Waals surface area contributed by atoms with E-state index in [9.17, 15) is 4.79 Å². The summed E-state index contributed by atoms with van der Waals surface area (Å²) in [6, 6.07) is 8.00. The third-order valence-electron chi connectivity index (χ3n) is 4.72. The molecule has 3 rings (SSSR count). The first kappa shape index (κ1) is 18.0. The molecular formula is C19H29N3O3. The first-order valence-electron chi connectivity index (χ1n) is 9.20. The standard InChI is InChI=1S/C19H29N3O3/c1-14-11-22(12-15(2)25-14)8-7-20-19(23)21-10-16-9-17-5-3-4-6-18(17)24-13-16/h3-6,14-16H,7-13H2,1-2H3,(H2,20,21,23)/t14-,15+,16-/m0/s1. The quantitative estimate of drug-likeness (QED) is 0.850. The third kappa shape index (κ3) is 5.34. The number of para-hydroxylation sites is 1. The Morgan fingerprint density at radius 1 is 1.20 bits per heavy atom. The van der Waals surface area contributed by atoms with Crippen molar-refractivity contribution in [3.05, 3.63) is 29.8 Å². The van der Waals surface area contributed by atoms with Crippen LogP contribution in [0.2, 0.25) is 0 Å². The van der Waals surface area contributed by atoms with Crippen LogP contribution in [-0.2, 0) is 11.2 Å². The number of ether oxygens (including phenoxy) is 2. The molecule has 138 valence electrons. The summed E-state index contributed by atoms with van der Waals surface area (Å²) in [5, 5.41) is 5.91. The molecule has 0 aromatic heterocycles. The number of fused-ring (bicyclic) bond motifs is 1. The van der Waals surface area contributed by atoms with Crippen molar-refractivity contribution in [3.8, 4) is 5.75 Å². The Labute approximate surface area is 149 Å². The molecule has 0 spiro atoms. The fourth-order valence-electron chi connectivity index (χ4n) is 3.62. The number of rotatable bonds is 5. The van der Waals surface area contributed by atoms with Crippen LogP contribution < -0.4 is 15.4 Å².